The van der Waals surface area contributed by atoms with Gasteiger partial charge in [-0.25, -0.2) is 18.2 Å². The summed E-state index contributed by atoms with van der Waals surface area (Å²) in [6.45, 7) is 2.66. The number of aromatic nitrogens is 1. The van der Waals surface area contributed by atoms with Gasteiger partial charge < -0.3 is 14.8 Å². The average molecular weight is 425 g/mol. The van der Waals surface area contributed by atoms with Gasteiger partial charge in [0.15, 0.2) is 6.61 Å². The highest BCUT2D eigenvalue weighted by Gasteiger charge is 2.26. The zero-order valence-electron chi connectivity index (χ0n) is 15.1. The second kappa shape index (κ2) is 8.78. The minimum absolute atomic E-state index is 0.138. The van der Waals surface area contributed by atoms with Crippen LogP contribution in [0.5, 0.6) is 0 Å². The van der Waals surface area contributed by atoms with Crippen molar-refractivity contribution in [2.45, 2.75) is 11.8 Å². The number of rotatable bonds is 6. The average Bonchev–Trinajstić information content (AvgIpc) is 3.14. The Balaban J connectivity index is 1.55. The predicted molar refractivity (Wildman–Crippen MR) is 102 cm³/mol. The summed E-state index contributed by atoms with van der Waals surface area (Å²) in [6.07, 6.45) is 1.40. The van der Waals surface area contributed by atoms with Crippen LogP contribution in [-0.4, -0.2) is 62.5 Å². The van der Waals surface area contributed by atoms with Gasteiger partial charge in [-0.2, -0.15) is 4.31 Å². The summed E-state index contributed by atoms with van der Waals surface area (Å²) in [5.41, 5.74) is 0.399. The van der Waals surface area contributed by atoms with Crippen LogP contribution in [0.1, 0.15) is 14.7 Å². The molecule has 0 spiro atoms. The fraction of sp³-hybridized carbons (Fsp3) is 0.353. The lowest BCUT2D eigenvalue weighted by atomic mass is 10.3. The molecule has 9 nitrogen and oxygen atoms in total. The molecule has 1 amide bonds. The third kappa shape index (κ3) is 4.93. The molecule has 0 atom stereocenters. The van der Waals surface area contributed by atoms with Crippen LogP contribution in [0, 0.1) is 6.92 Å². The van der Waals surface area contributed by atoms with E-state index < -0.39 is 28.5 Å². The summed E-state index contributed by atoms with van der Waals surface area (Å²) >= 11 is 1.18. The van der Waals surface area contributed by atoms with E-state index in [-0.39, 0.29) is 4.90 Å². The first-order valence-electron chi connectivity index (χ1n) is 8.43. The number of anilines is 1. The first kappa shape index (κ1) is 20.4. The van der Waals surface area contributed by atoms with Crippen molar-refractivity contribution >= 4 is 38.9 Å². The van der Waals surface area contributed by atoms with Crippen LogP contribution in [0.25, 0.3) is 0 Å². The topological polar surface area (TPSA) is 115 Å². The maximum Gasteiger partial charge on any atom is 0.350 e. The molecule has 0 aliphatic carbocycles. The zero-order valence-corrected chi connectivity index (χ0v) is 16.7. The molecule has 1 saturated heterocycles. The van der Waals surface area contributed by atoms with Gasteiger partial charge in [0.05, 0.1) is 29.3 Å². The van der Waals surface area contributed by atoms with Gasteiger partial charge in [-0.1, -0.05) is 0 Å². The number of aryl methyl sites for hydroxylation is 1. The molecule has 2 aromatic rings. The Kier molecular flexibility index (Phi) is 6.39. The number of carbonyl (C=O) groups is 2. The number of nitrogens with one attached hydrogen (secondary N) is 1. The van der Waals surface area contributed by atoms with Crippen LogP contribution in [0.15, 0.2) is 35.4 Å². The van der Waals surface area contributed by atoms with Crippen molar-refractivity contribution < 1.29 is 27.5 Å². The van der Waals surface area contributed by atoms with Crippen LogP contribution in [0.2, 0.25) is 0 Å². The molecule has 1 aromatic carbocycles. The lowest BCUT2D eigenvalue weighted by Gasteiger charge is -2.26. The number of hydrogen-bond donors (Lipinski definition) is 1. The van der Waals surface area contributed by atoms with Crippen LogP contribution in [-0.2, 0) is 24.3 Å². The highest BCUT2D eigenvalue weighted by molar-refractivity contribution is 7.89. The molecule has 0 radical (unpaired) electrons. The number of esters is 1. The molecule has 28 heavy (non-hydrogen) atoms. The predicted octanol–water partition coefficient (Wildman–Crippen LogP) is 1.27. The molecule has 1 aliphatic heterocycles. The number of nitrogens with zero attached hydrogens (tertiary/aromatic N) is 2. The van der Waals surface area contributed by atoms with Crippen molar-refractivity contribution in [1.82, 2.24) is 9.29 Å². The van der Waals surface area contributed by atoms with E-state index in [4.69, 9.17) is 9.47 Å². The zero-order chi connectivity index (χ0) is 20.1. The van der Waals surface area contributed by atoms with Crippen LogP contribution < -0.4 is 5.32 Å². The third-order valence-corrected chi connectivity index (χ3v) is 6.71. The monoisotopic (exact) mass is 425 g/mol. The Bertz CT molecular complexity index is 950. The fourth-order valence-electron chi connectivity index (χ4n) is 2.50. The van der Waals surface area contributed by atoms with Crippen molar-refractivity contribution in [3.8, 4) is 0 Å². The van der Waals surface area contributed by atoms with Crippen LogP contribution in [0.4, 0.5) is 5.69 Å². The van der Waals surface area contributed by atoms with Gasteiger partial charge in [-0.15, -0.1) is 11.3 Å². The van der Waals surface area contributed by atoms with E-state index >= 15 is 0 Å². The van der Waals surface area contributed by atoms with Crippen LogP contribution in [0.3, 0.4) is 0 Å². The molecule has 1 N–H and O–H groups in total. The van der Waals surface area contributed by atoms with E-state index in [2.05, 4.69) is 10.3 Å². The SMILES string of the molecule is Cc1ncc(C(=O)OCC(=O)Nc2ccc(S(=O)(=O)N3CCOCC3)cc2)s1. The van der Waals surface area contributed by atoms with Gasteiger partial charge in [0.25, 0.3) is 5.91 Å². The normalized spacial score (nSPS) is 15.2. The first-order chi connectivity index (χ1) is 13.4. The van der Waals surface area contributed by atoms with Crippen molar-refractivity contribution in [2.24, 2.45) is 0 Å². The largest absolute Gasteiger partial charge is 0.451 e. The molecule has 3 rings (SSSR count). The van der Waals surface area contributed by atoms with Gasteiger partial charge in [-0.3, -0.25) is 4.79 Å². The Labute approximate surface area is 166 Å². The molecule has 2 heterocycles. The summed E-state index contributed by atoms with van der Waals surface area (Å²) in [7, 11) is -3.59. The lowest BCUT2D eigenvalue weighted by molar-refractivity contribution is -0.119. The van der Waals surface area contributed by atoms with Crippen molar-refractivity contribution in [3.05, 3.63) is 40.3 Å². The smallest absolute Gasteiger partial charge is 0.350 e. The van der Waals surface area contributed by atoms with E-state index in [1.807, 2.05) is 0 Å². The lowest BCUT2D eigenvalue weighted by Crippen LogP contribution is -2.40. The quantitative estimate of drug-likeness (QED) is 0.693. The molecular formula is C17H19N3O6S2. The summed E-state index contributed by atoms with van der Waals surface area (Å²) in [4.78, 5) is 28.2. The number of benzene rings is 1. The van der Waals surface area contributed by atoms with Gasteiger partial charge in [-0.05, 0) is 31.2 Å². The molecule has 1 aliphatic rings. The van der Waals surface area contributed by atoms with E-state index in [0.29, 0.717) is 36.9 Å². The van der Waals surface area contributed by atoms with Gasteiger partial charge in [0.1, 0.15) is 4.88 Å². The highest BCUT2D eigenvalue weighted by Crippen LogP contribution is 2.19. The highest BCUT2D eigenvalue weighted by atomic mass is 32.2. The second-order valence-corrected chi connectivity index (χ2v) is 9.08. The molecule has 0 unspecified atom stereocenters. The fourth-order valence-corrected chi connectivity index (χ4v) is 4.58. The van der Waals surface area contributed by atoms with Gasteiger partial charge in [0, 0.05) is 18.8 Å². The van der Waals surface area contributed by atoms with E-state index in [1.165, 1.54) is 46.1 Å². The number of morpholine rings is 1. The van der Waals surface area contributed by atoms with Gasteiger partial charge >= 0.3 is 5.97 Å². The van der Waals surface area contributed by atoms with Gasteiger partial charge in [0.2, 0.25) is 10.0 Å². The molecule has 0 bridgehead atoms. The van der Waals surface area contributed by atoms with E-state index in [0.717, 1.165) is 5.01 Å². The standard InChI is InChI=1S/C17H19N3O6S2/c1-12-18-10-15(27-12)17(22)26-11-16(21)19-13-2-4-14(5-3-13)28(23,24)20-6-8-25-9-7-20/h2-5,10H,6-9,11H2,1H3,(H,19,21). The maximum absolute atomic E-state index is 12.6. The second-order valence-electron chi connectivity index (χ2n) is 5.91. The molecule has 0 saturated carbocycles. The number of sulfonamides is 1. The Morgan fingerprint density at radius 1 is 1.25 bits per heavy atom. The Morgan fingerprint density at radius 2 is 1.93 bits per heavy atom. The van der Waals surface area contributed by atoms with Crippen molar-refractivity contribution in [1.29, 1.82) is 0 Å². The van der Waals surface area contributed by atoms with Crippen LogP contribution >= 0.6 is 11.3 Å². The number of thiazole rings is 1. The summed E-state index contributed by atoms with van der Waals surface area (Å²) < 4.78 is 36.6. The Hall–Kier alpha value is -2.34. The number of carbonyl (C=O) groups excluding carboxylic acids is 2. The molecule has 150 valence electrons. The number of ether oxygens (including phenoxy) is 2. The number of hydrogen-bond acceptors (Lipinski definition) is 8. The van der Waals surface area contributed by atoms with E-state index in [9.17, 15) is 18.0 Å². The third-order valence-electron chi connectivity index (χ3n) is 3.90. The Morgan fingerprint density at radius 3 is 2.54 bits per heavy atom. The molecular weight excluding hydrogens is 406 g/mol. The summed E-state index contributed by atoms with van der Waals surface area (Å²) in [5.74, 6) is -1.15. The molecule has 1 aromatic heterocycles. The molecule has 1 fully saturated rings. The molecule has 11 heteroatoms. The van der Waals surface area contributed by atoms with Crippen molar-refractivity contribution in [3.63, 3.8) is 0 Å². The summed E-state index contributed by atoms with van der Waals surface area (Å²) in [5, 5.41) is 3.28. The van der Waals surface area contributed by atoms with Crippen molar-refractivity contribution in [2.75, 3.05) is 38.2 Å². The minimum Gasteiger partial charge on any atom is -0.451 e. The first-order valence-corrected chi connectivity index (χ1v) is 10.7. The maximum atomic E-state index is 12.6. The van der Waals surface area contributed by atoms with E-state index in [1.54, 1.807) is 6.92 Å². The minimum atomic E-state index is -3.59. The number of amides is 1. The summed E-state index contributed by atoms with van der Waals surface area (Å²) in [6, 6.07) is 5.82.